The van der Waals surface area contributed by atoms with Crippen LogP contribution >= 0.6 is 0 Å². The number of hydrogen-bond acceptors (Lipinski definition) is 19. The van der Waals surface area contributed by atoms with Gasteiger partial charge in [0.2, 0.25) is 0 Å². The molecular formula is C41H77N9O21. The number of aliphatic hydroxyl groups is 1. The van der Waals surface area contributed by atoms with E-state index in [0.717, 1.165) is 25.1 Å². The van der Waals surface area contributed by atoms with E-state index in [0.29, 0.717) is 12.3 Å². The molecule has 2 rings (SSSR count). The number of amides is 1. The van der Waals surface area contributed by atoms with Gasteiger partial charge < -0.3 is 100 Å². The highest BCUT2D eigenvalue weighted by molar-refractivity contribution is 5.80. The minimum atomic E-state index is -1.18. The van der Waals surface area contributed by atoms with Crippen LogP contribution in [0, 0.1) is 11.8 Å². The first-order chi connectivity index (χ1) is 32.3. The van der Waals surface area contributed by atoms with Crippen LogP contribution in [0.5, 0.6) is 0 Å². The first kappa shape index (κ1) is 73.4. The standard InChI is InChI=1S/C10H19NO4.C6H9N3O2.C6H13NO2.2C5H9NO4.C5H9NO2.C4H9NO3/c1-6(2)7(8(12)13)11-9(14)15-10(3,4)5;7-5(6(10)11)1-4-2-8-3-9-4;1-4(2)3-5(7)6(8)9;2*6-3(5(9)10)1-2-4(7)8;7-5(8)4-2-1-3-6-4;1-2(6)3(5)4(7)8/h6-7H,1-5H3,(H,11,14)(H,12,13);2-3,5H,1,7H2,(H,8,9)(H,10,11);4-5H,3,7H2,1-2H3,(H,8,9);2*3H,1-2,6H2,(H,7,8)(H,9,10);4,6H,1-3H2,(H,7,8);2-3,6H,5H2,1H3,(H,7,8)/t7-;2*5-;2*3-;4-;2-,3+/m0000001/s1. The summed E-state index contributed by atoms with van der Waals surface area (Å²) < 4.78 is 4.96. The number of carboxylic acids is 9. The summed E-state index contributed by atoms with van der Waals surface area (Å²) in [7, 11) is 0. The van der Waals surface area contributed by atoms with E-state index in [4.69, 9.17) is 84.5 Å². The van der Waals surface area contributed by atoms with Crippen molar-refractivity contribution in [2.24, 2.45) is 40.5 Å². The van der Waals surface area contributed by atoms with E-state index in [2.05, 4.69) is 20.6 Å². The van der Waals surface area contributed by atoms with Gasteiger partial charge in [-0.2, -0.15) is 0 Å². The van der Waals surface area contributed by atoms with Gasteiger partial charge in [-0.05, 0) is 78.2 Å². The number of hydrogen-bond donors (Lipinski definition) is 18. The topological polar surface area (TPSA) is 565 Å². The summed E-state index contributed by atoms with van der Waals surface area (Å²) >= 11 is 0. The molecule has 0 aliphatic carbocycles. The molecule has 1 saturated heterocycles. The maximum Gasteiger partial charge on any atom is 0.408 e. The van der Waals surface area contributed by atoms with Crippen LogP contribution in [0.3, 0.4) is 0 Å². The van der Waals surface area contributed by atoms with Gasteiger partial charge in [0.15, 0.2) is 0 Å². The minimum Gasteiger partial charge on any atom is -0.481 e. The smallest absolute Gasteiger partial charge is 0.408 e. The molecule has 1 aromatic rings. The lowest BCUT2D eigenvalue weighted by molar-refractivity contribution is -0.141. The number of aromatic amines is 1. The fourth-order valence-electron chi connectivity index (χ4n) is 4.18. The molecule has 30 nitrogen and oxygen atoms in total. The summed E-state index contributed by atoms with van der Waals surface area (Å²) in [4.78, 5) is 109. The number of carbonyl (C=O) groups excluding carboxylic acids is 1. The maximum absolute atomic E-state index is 11.3. The quantitative estimate of drug-likeness (QED) is 0.0711. The normalized spacial score (nSPS) is 15.2. The summed E-state index contributed by atoms with van der Waals surface area (Å²) in [6.45, 7) is 14.7. The number of ether oxygens (including phenoxy) is 1. The molecule has 1 aliphatic heterocycles. The third-order valence-electron chi connectivity index (χ3n) is 8.10. The van der Waals surface area contributed by atoms with Crippen LogP contribution < -0.4 is 39.3 Å². The summed E-state index contributed by atoms with van der Waals surface area (Å²) in [5.41, 5.74) is 25.5. The number of nitrogens with two attached hydrogens (primary N) is 5. The van der Waals surface area contributed by atoms with E-state index in [9.17, 15) is 47.9 Å². The van der Waals surface area contributed by atoms with Crippen molar-refractivity contribution < 1.29 is 104 Å². The second-order valence-corrected chi connectivity index (χ2v) is 16.9. The zero-order valence-electron chi connectivity index (χ0n) is 41.1. The Morgan fingerprint density at radius 1 is 0.690 bits per heavy atom. The Hall–Kier alpha value is -6.57. The molecule has 30 heteroatoms. The third-order valence-corrected chi connectivity index (χ3v) is 8.10. The fraction of sp³-hybridized carbons (Fsp3) is 0.683. The molecule has 1 amide bonds. The lowest BCUT2D eigenvalue weighted by Crippen LogP contribution is -2.46. The van der Waals surface area contributed by atoms with Crippen LogP contribution in [0.25, 0.3) is 0 Å². The van der Waals surface area contributed by atoms with Gasteiger partial charge in [0.25, 0.3) is 0 Å². The number of carboxylic acid groups (broad SMARTS) is 9. The number of imidazole rings is 1. The number of H-pyrrole nitrogens is 1. The number of nitrogens with one attached hydrogen (secondary N) is 3. The third kappa shape index (κ3) is 48.3. The van der Waals surface area contributed by atoms with Crippen LogP contribution in [-0.2, 0) is 54.3 Å². The van der Waals surface area contributed by atoms with Gasteiger partial charge in [-0.15, -0.1) is 0 Å². The molecule has 2 heterocycles. The summed E-state index contributed by atoms with van der Waals surface area (Å²) in [6.07, 6.45) is 3.54. The van der Waals surface area contributed by atoms with Crippen LogP contribution in [0.4, 0.5) is 4.79 Å². The van der Waals surface area contributed by atoms with E-state index < -0.39 is 108 Å². The second kappa shape index (κ2) is 40.2. The Bertz CT molecular complexity index is 1690. The molecule has 23 N–H and O–H groups in total. The summed E-state index contributed by atoms with van der Waals surface area (Å²) in [5, 5.41) is 88.2. The van der Waals surface area contributed by atoms with E-state index >= 15 is 0 Å². The number of aliphatic carboxylic acids is 9. The summed E-state index contributed by atoms with van der Waals surface area (Å²) in [6, 6.07) is -6.00. The van der Waals surface area contributed by atoms with Crippen molar-refractivity contribution in [2.75, 3.05) is 6.54 Å². The average molecular weight is 1030 g/mol. The average Bonchev–Trinajstić information content (AvgIpc) is 3.97. The van der Waals surface area contributed by atoms with Gasteiger partial charge in [-0.3, -0.25) is 38.4 Å². The number of aromatic nitrogens is 2. The molecule has 0 unspecified atom stereocenters. The van der Waals surface area contributed by atoms with Gasteiger partial charge in [-0.25, -0.2) is 14.6 Å². The number of nitrogens with zero attached hydrogens (tertiary/aromatic N) is 1. The lowest BCUT2D eigenvalue weighted by atomic mass is 10.1. The molecule has 1 aliphatic rings. The van der Waals surface area contributed by atoms with Gasteiger partial charge in [0.05, 0.1) is 12.4 Å². The second-order valence-electron chi connectivity index (χ2n) is 16.9. The van der Waals surface area contributed by atoms with E-state index in [1.807, 2.05) is 13.8 Å². The molecule has 0 saturated carbocycles. The highest BCUT2D eigenvalue weighted by Gasteiger charge is 2.26. The molecule has 1 fully saturated rings. The predicted molar refractivity (Wildman–Crippen MR) is 250 cm³/mol. The molecule has 0 aromatic carbocycles. The Kier molecular flexibility index (Phi) is 41.5. The molecular weight excluding hydrogens is 954 g/mol. The van der Waals surface area contributed by atoms with Gasteiger partial charge >= 0.3 is 59.8 Å². The van der Waals surface area contributed by atoms with Crippen molar-refractivity contribution in [3.8, 4) is 0 Å². The molecule has 1 aromatic heterocycles. The zero-order valence-corrected chi connectivity index (χ0v) is 41.1. The zero-order chi connectivity index (χ0) is 56.9. The van der Waals surface area contributed by atoms with Crippen molar-refractivity contribution in [2.45, 2.75) is 161 Å². The first-order valence-corrected chi connectivity index (χ1v) is 21.5. The lowest BCUT2D eigenvalue weighted by Gasteiger charge is -2.23. The van der Waals surface area contributed by atoms with Crippen LogP contribution in [-0.4, -0.2) is 181 Å². The van der Waals surface area contributed by atoms with E-state index in [1.165, 1.54) is 13.3 Å². The van der Waals surface area contributed by atoms with Crippen LogP contribution in [0.15, 0.2) is 12.5 Å². The van der Waals surface area contributed by atoms with E-state index in [1.54, 1.807) is 40.8 Å². The van der Waals surface area contributed by atoms with Crippen molar-refractivity contribution in [3.05, 3.63) is 18.2 Å². The molecule has 412 valence electrons. The highest BCUT2D eigenvalue weighted by atomic mass is 16.6. The molecule has 8 atom stereocenters. The Balaban J connectivity index is -0.000000241. The van der Waals surface area contributed by atoms with Gasteiger partial charge in [-0.1, -0.05) is 27.7 Å². The van der Waals surface area contributed by atoms with Crippen LogP contribution in [0.1, 0.15) is 106 Å². The van der Waals surface area contributed by atoms with E-state index in [-0.39, 0.29) is 44.1 Å². The van der Waals surface area contributed by atoms with Crippen LogP contribution in [0.2, 0.25) is 0 Å². The molecule has 71 heavy (non-hydrogen) atoms. The maximum atomic E-state index is 11.3. The molecule has 0 spiro atoms. The minimum absolute atomic E-state index is 0.0231. The molecule has 0 bridgehead atoms. The number of aliphatic hydroxyl groups excluding tert-OH is 1. The number of carbonyl (C=O) groups is 10. The fourth-order valence-corrected chi connectivity index (χ4v) is 4.18. The predicted octanol–water partition coefficient (Wildman–Crippen LogP) is -1.44. The van der Waals surface area contributed by atoms with Crippen molar-refractivity contribution >= 4 is 59.8 Å². The summed E-state index contributed by atoms with van der Waals surface area (Å²) in [5.74, 6) is -9.09. The Morgan fingerprint density at radius 3 is 1.34 bits per heavy atom. The SMILES string of the molecule is CC(C)C[C@H](N)C(=O)O.CC(C)[C@H](NC(=O)OC(C)(C)C)C(=O)O.C[C@@H](O)[C@H](N)C(=O)O.N[C@@H](CCC(=O)O)C(=O)O.N[C@@H](CCC(=O)O)C(=O)O.N[C@@H](Cc1cnc[nH]1)C(=O)O.O=C(O)[C@@H]1CCCN1. The Morgan fingerprint density at radius 2 is 1.13 bits per heavy atom. The highest BCUT2D eigenvalue weighted by Crippen LogP contribution is 2.09. The van der Waals surface area contributed by atoms with Crippen molar-refractivity contribution in [3.63, 3.8) is 0 Å². The first-order valence-electron chi connectivity index (χ1n) is 21.5. The largest absolute Gasteiger partial charge is 0.481 e. The molecule has 0 radical (unpaired) electrons. The van der Waals surface area contributed by atoms with Crippen molar-refractivity contribution in [1.29, 1.82) is 0 Å². The van der Waals surface area contributed by atoms with Gasteiger partial charge in [0.1, 0.15) is 47.9 Å². The Labute approximate surface area is 409 Å². The number of rotatable bonds is 20. The van der Waals surface area contributed by atoms with Gasteiger partial charge in [0, 0.05) is 31.2 Å². The monoisotopic (exact) mass is 1030 g/mol. The van der Waals surface area contributed by atoms with Crippen molar-refractivity contribution in [1.82, 2.24) is 20.6 Å². The number of alkyl carbamates (subject to hydrolysis) is 1.